The fraction of sp³-hybridized carbons (Fsp3) is 0.300. The van der Waals surface area contributed by atoms with E-state index in [0.29, 0.717) is 25.9 Å². The molecule has 0 atom stereocenters. The molecule has 1 N–H and O–H groups in total. The van der Waals surface area contributed by atoms with Crippen molar-refractivity contribution in [1.82, 2.24) is 4.90 Å². The van der Waals surface area contributed by atoms with E-state index in [1.165, 1.54) is 12.1 Å². The van der Waals surface area contributed by atoms with Crippen LogP contribution in [-0.2, 0) is 16.1 Å². The minimum Gasteiger partial charge on any atom is -0.338 e. The van der Waals surface area contributed by atoms with Gasteiger partial charge < -0.3 is 10.2 Å². The highest BCUT2D eigenvalue weighted by atomic mass is 19.1. The predicted molar refractivity (Wildman–Crippen MR) is 94.2 cm³/mol. The molecule has 1 aliphatic rings. The van der Waals surface area contributed by atoms with Crippen molar-refractivity contribution in [1.29, 1.82) is 0 Å². The fourth-order valence-corrected chi connectivity index (χ4v) is 2.90. The third kappa shape index (κ3) is 3.55. The molecule has 1 fully saturated rings. The molecule has 0 heterocycles. The summed E-state index contributed by atoms with van der Waals surface area (Å²) in [5.74, 6) is -1.11. The second kappa shape index (κ2) is 7.05. The van der Waals surface area contributed by atoms with Gasteiger partial charge in [-0.25, -0.2) is 4.39 Å². The summed E-state index contributed by atoms with van der Waals surface area (Å²) in [6.45, 7) is 2.87. The van der Waals surface area contributed by atoms with Gasteiger partial charge in [-0.1, -0.05) is 42.5 Å². The average molecular weight is 340 g/mol. The van der Waals surface area contributed by atoms with Gasteiger partial charge in [-0.3, -0.25) is 9.59 Å². The first-order chi connectivity index (χ1) is 12.1. The van der Waals surface area contributed by atoms with Crippen molar-refractivity contribution in [3.63, 3.8) is 0 Å². The number of hydrogen-bond acceptors (Lipinski definition) is 2. The van der Waals surface area contributed by atoms with Crippen LogP contribution in [0, 0.1) is 11.2 Å². The van der Waals surface area contributed by atoms with Crippen LogP contribution >= 0.6 is 0 Å². The van der Waals surface area contributed by atoms with Gasteiger partial charge >= 0.3 is 0 Å². The largest absolute Gasteiger partial charge is 0.338 e. The van der Waals surface area contributed by atoms with Crippen LogP contribution in [0.25, 0.3) is 0 Å². The van der Waals surface area contributed by atoms with E-state index in [0.717, 1.165) is 5.56 Å². The molecule has 0 aromatic heterocycles. The summed E-state index contributed by atoms with van der Waals surface area (Å²) in [6, 6.07) is 15.7. The lowest BCUT2D eigenvalue weighted by Gasteiger charge is -2.26. The minimum atomic E-state index is -1.06. The summed E-state index contributed by atoms with van der Waals surface area (Å²) in [5.41, 5.74) is 0.0632. The topological polar surface area (TPSA) is 49.4 Å². The van der Waals surface area contributed by atoms with Crippen LogP contribution in [0.4, 0.5) is 10.1 Å². The van der Waals surface area contributed by atoms with Gasteiger partial charge in [-0.2, -0.15) is 0 Å². The number of hydrogen-bond donors (Lipinski definition) is 1. The third-order valence-electron chi connectivity index (χ3n) is 4.60. The summed E-state index contributed by atoms with van der Waals surface area (Å²) in [4.78, 5) is 27.3. The molecule has 2 aromatic rings. The molecule has 5 heteroatoms. The third-order valence-corrected chi connectivity index (χ3v) is 4.60. The van der Waals surface area contributed by atoms with Crippen molar-refractivity contribution >= 4 is 17.5 Å². The number of halogens is 1. The number of anilines is 1. The summed E-state index contributed by atoms with van der Waals surface area (Å²) in [5, 5.41) is 2.58. The molecule has 130 valence electrons. The van der Waals surface area contributed by atoms with Gasteiger partial charge in [0.2, 0.25) is 11.8 Å². The highest BCUT2D eigenvalue weighted by Gasteiger charge is 2.57. The number of amides is 2. The second-order valence-corrected chi connectivity index (χ2v) is 6.32. The molecule has 2 amide bonds. The lowest BCUT2D eigenvalue weighted by Crippen LogP contribution is -2.42. The number of carbonyl (C=O) groups is 2. The van der Waals surface area contributed by atoms with Gasteiger partial charge in [0.25, 0.3) is 0 Å². The molecule has 2 aromatic carbocycles. The summed E-state index contributed by atoms with van der Waals surface area (Å²) in [6.07, 6.45) is 0.995. The van der Waals surface area contributed by atoms with Crippen LogP contribution in [0.1, 0.15) is 25.3 Å². The highest BCUT2D eigenvalue weighted by molar-refractivity contribution is 6.13. The van der Waals surface area contributed by atoms with Crippen molar-refractivity contribution in [2.45, 2.75) is 26.3 Å². The van der Waals surface area contributed by atoms with E-state index >= 15 is 0 Å². The van der Waals surface area contributed by atoms with Crippen molar-refractivity contribution in [3.05, 3.63) is 66.0 Å². The standard InChI is InChI=1S/C20H21FN2O2/c1-2-23(14-15-8-4-3-5-9-15)19(25)20(12-13-20)18(24)22-17-11-7-6-10-16(17)21/h3-11H,2,12-14H2,1H3,(H,22,24). The van der Waals surface area contributed by atoms with Crippen molar-refractivity contribution < 1.29 is 14.0 Å². The lowest BCUT2D eigenvalue weighted by atomic mass is 10.0. The number of nitrogens with zero attached hydrogens (tertiary/aromatic N) is 1. The van der Waals surface area contributed by atoms with Gasteiger partial charge in [0, 0.05) is 13.1 Å². The molecule has 4 nitrogen and oxygen atoms in total. The summed E-state index contributed by atoms with van der Waals surface area (Å²) in [7, 11) is 0. The molecule has 0 unspecified atom stereocenters. The first-order valence-corrected chi connectivity index (χ1v) is 8.46. The van der Waals surface area contributed by atoms with Gasteiger partial charge in [0.15, 0.2) is 0 Å². The molecular weight excluding hydrogens is 319 g/mol. The Morgan fingerprint density at radius 1 is 1.08 bits per heavy atom. The van der Waals surface area contributed by atoms with Crippen LogP contribution in [0.15, 0.2) is 54.6 Å². The number of para-hydroxylation sites is 1. The Balaban J connectivity index is 1.73. The van der Waals surface area contributed by atoms with E-state index in [2.05, 4.69) is 5.32 Å². The van der Waals surface area contributed by atoms with Crippen LogP contribution < -0.4 is 5.32 Å². The first-order valence-electron chi connectivity index (χ1n) is 8.46. The van der Waals surface area contributed by atoms with Crippen LogP contribution in [0.2, 0.25) is 0 Å². The Labute approximate surface area is 146 Å². The molecule has 1 aliphatic carbocycles. The normalized spacial score (nSPS) is 14.6. The Hall–Kier alpha value is -2.69. The van der Waals surface area contributed by atoms with E-state index in [9.17, 15) is 14.0 Å². The first kappa shape index (κ1) is 17.1. The van der Waals surface area contributed by atoms with Crippen molar-refractivity contribution in [2.24, 2.45) is 5.41 Å². The number of rotatable bonds is 6. The molecule has 0 saturated heterocycles. The molecule has 0 radical (unpaired) electrons. The van der Waals surface area contributed by atoms with Crippen LogP contribution in [0.3, 0.4) is 0 Å². The molecule has 0 aliphatic heterocycles. The van der Waals surface area contributed by atoms with Gasteiger partial charge in [0.05, 0.1) is 5.69 Å². The SMILES string of the molecule is CCN(Cc1ccccc1)C(=O)C1(C(=O)Nc2ccccc2F)CC1. The van der Waals surface area contributed by atoms with Crippen molar-refractivity contribution in [2.75, 3.05) is 11.9 Å². The Morgan fingerprint density at radius 3 is 2.32 bits per heavy atom. The monoisotopic (exact) mass is 340 g/mol. The zero-order valence-electron chi connectivity index (χ0n) is 14.2. The van der Waals surface area contributed by atoms with E-state index in [1.807, 2.05) is 37.3 Å². The van der Waals surface area contributed by atoms with Crippen molar-refractivity contribution in [3.8, 4) is 0 Å². The minimum absolute atomic E-state index is 0.109. The smallest absolute Gasteiger partial charge is 0.240 e. The van der Waals surface area contributed by atoms with E-state index < -0.39 is 17.1 Å². The molecule has 3 rings (SSSR count). The van der Waals surface area contributed by atoms with E-state index in [1.54, 1.807) is 17.0 Å². The van der Waals surface area contributed by atoms with Gasteiger partial charge in [-0.05, 0) is 37.5 Å². The Kier molecular flexibility index (Phi) is 4.83. The zero-order valence-corrected chi connectivity index (χ0v) is 14.2. The maximum Gasteiger partial charge on any atom is 0.240 e. The fourth-order valence-electron chi connectivity index (χ4n) is 2.90. The quantitative estimate of drug-likeness (QED) is 0.817. The molecule has 1 saturated carbocycles. The van der Waals surface area contributed by atoms with E-state index in [-0.39, 0.29) is 11.6 Å². The lowest BCUT2D eigenvalue weighted by molar-refractivity contribution is -0.142. The average Bonchev–Trinajstić information content (AvgIpc) is 3.44. The summed E-state index contributed by atoms with van der Waals surface area (Å²) < 4.78 is 13.8. The summed E-state index contributed by atoms with van der Waals surface area (Å²) >= 11 is 0. The molecule has 0 spiro atoms. The zero-order chi connectivity index (χ0) is 17.9. The number of benzene rings is 2. The maximum atomic E-state index is 13.8. The van der Waals surface area contributed by atoms with Gasteiger partial charge in [-0.15, -0.1) is 0 Å². The second-order valence-electron chi connectivity index (χ2n) is 6.32. The molecule has 0 bridgehead atoms. The molecule has 25 heavy (non-hydrogen) atoms. The Bertz CT molecular complexity index is 772. The molecular formula is C20H21FN2O2. The maximum absolute atomic E-state index is 13.8. The number of nitrogens with one attached hydrogen (secondary N) is 1. The number of carbonyl (C=O) groups excluding carboxylic acids is 2. The van der Waals surface area contributed by atoms with Crippen LogP contribution in [-0.4, -0.2) is 23.3 Å². The van der Waals surface area contributed by atoms with Gasteiger partial charge in [0.1, 0.15) is 11.2 Å². The van der Waals surface area contributed by atoms with Crippen LogP contribution in [0.5, 0.6) is 0 Å². The highest BCUT2D eigenvalue weighted by Crippen LogP contribution is 2.48. The van der Waals surface area contributed by atoms with E-state index in [4.69, 9.17) is 0 Å². The Morgan fingerprint density at radius 2 is 1.72 bits per heavy atom. The predicted octanol–water partition coefficient (Wildman–Crippen LogP) is 3.59.